The van der Waals surface area contributed by atoms with Crippen molar-refractivity contribution in [1.82, 2.24) is 58.1 Å². The Kier molecular flexibility index (Phi) is 19.4. The third-order valence-corrected chi connectivity index (χ3v) is 18.9. The lowest BCUT2D eigenvalue weighted by atomic mass is 10.0. The van der Waals surface area contributed by atoms with Crippen LogP contribution in [0.5, 0.6) is 5.75 Å². The van der Waals surface area contributed by atoms with E-state index in [4.69, 9.17) is 74.1 Å². The Morgan fingerprint density at radius 2 is 0.880 bits per heavy atom. The first-order valence-electron chi connectivity index (χ1n) is 29.9. The Morgan fingerprint density at radius 1 is 0.467 bits per heavy atom. The minimum Gasteiger partial charge on any atom is -0.497 e. The summed E-state index contributed by atoms with van der Waals surface area (Å²) in [4.78, 5) is 34.5. The molecule has 1 aliphatic carbocycles. The van der Waals surface area contributed by atoms with Crippen LogP contribution in [0.25, 0.3) is 88.6 Å². The van der Waals surface area contributed by atoms with Crippen molar-refractivity contribution in [3.05, 3.63) is 156 Å². The molecule has 0 aliphatic heterocycles. The molecule has 1 saturated carbocycles. The zero-order chi connectivity index (χ0) is 66.6. The molecule has 4 aromatic carbocycles. The van der Waals surface area contributed by atoms with Gasteiger partial charge in [0.1, 0.15) is 92.4 Å². The third kappa shape index (κ3) is 13.1. The van der Waals surface area contributed by atoms with E-state index in [0.717, 1.165) is 122 Å². The van der Waals surface area contributed by atoms with Crippen LogP contribution in [-0.4, -0.2) is 65.3 Å². The maximum absolute atomic E-state index is 6.88. The van der Waals surface area contributed by atoms with Gasteiger partial charge in [0.2, 0.25) is 0 Å². The maximum Gasteiger partial charge on any atom is 0.147 e. The Hall–Kier alpha value is -7.52. The summed E-state index contributed by atoms with van der Waals surface area (Å²) in [7, 11) is 1.66. The van der Waals surface area contributed by atoms with Crippen LogP contribution in [0.15, 0.2) is 119 Å². The van der Waals surface area contributed by atoms with E-state index >= 15 is 0 Å². The SMILES string of the molecule is COc1cccc(-c2cn(C(C)(C)C)c3ncnc(N)c23)c1.Cc1ccc(Br)c(-c2c(Cl)n(C(C)(C)C)c3ncnc(N)c23)c1.Cc1ccc(Br)c(-c2c(Cl)n(C3CCCC3)c3ncnc(N)c23)c1.Cc1ccc(Cl)c(-c2c(Cl)n(C(C)(C)C)c3ncnc(N)c23)c1. The highest BCUT2D eigenvalue weighted by molar-refractivity contribution is 9.11. The largest absolute Gasteiger partial charge is 0.497 e. The van der Waals surface area contributed by atoms with E-state index in [9.17, 15) is 0 Å². The molecule has 8 heterocycles. The van der Waals surface area contributed by atoms with Crippen molar-refractivity contribution in [3.8, 4) is 50.3 Å². The lowest BCUT2D eigenvalue weighted by Gasteiger charge is -2.23. The number of nitrogen functional groups attached to an aromatic ring is 4. The Labute approximate surface area is 572 Å². The summed E-state index contributed by atoms with van der Waals surface area (Å²) >= 11 is 34.1. The van der Waals surface area contributed by atoms with Crippen molar-refractivity contribution in [1.29, 1.82) is 0 Å². The predicted molar refractivity (Wildman–Crippen MR) is 388 cm³/mol. The molecular formula is C69H74Br2Cl4N16O. The molecule has 0 saturated heterocycles. The van der Waals surface area contributed by atoms with Crippen LogP contribution >= 0.6 is 78.3 Å². The number of halogens is 6. The zero-order valence-electron chi connectivity index (χ0n) is 53.7. The molecule has 8 N–H and O–H groups in total. The van der Waals surface area contributed by atoms with E-state index in [0.29, 0.717) is 55.4 Å². The van der Waals surface area contributed by atoms with Gasteiger partial charge in [0.05, 0.1) is 28.7 Å². The second-order valence-electron chi connectivity index (χ2n) is 25.9. The second-order valence-corrected chi connectivity index (χ2v) is 29.1. The number of aryl methyl sites for hydroxylation is 3. The monoisotopic (exact) mass is 1440 g/mol. The van der Waals surface area contributed by atoms with Crippen molar-refractivity contribution in [2.24, 2.45) is 0 Å². The molecule has 92 heavy (non-hydrogen) atoms. The summed E-state index contributed by atoms with van der Waals surface area (Å²) in [6.07, 6.45) is 12.8. The van der Waals surface area contributed by atoms with E-state index in [-0.39, 0.29) is 16.6 Å². The van der Waals surface area contributed by atoms with Crippen LogP contribution in [-0.2, 0) is 16.6 Å². The molecule has 12 aromatic rings. The number of nitrogens with two attached hydrogens (primary N) is 4. The molecule has 23 heteroatoms. The summed E-state index contributed by atoms with van der Waals surface area (Å²) in [5.74, 6) is 2.60. The topological polar surface area (TPSA) is 236 Å². The average Bonchev–Trinajstić information content (AvgIpc) is 1.61. The number of rotatable bonds is 6. The van der Waals surface area contributed by atoms with Gasteiger partial charge in [-0.3, -0.25) is 0 Å². The Bertz CT molecular complexity index is 4620. The summed E-state index contributed by atoms with van der Waals surface area (Å²) in [5.41, 5.74) is 38.1. The van der Waals surface area contributed by atoms with Gasteiger partial charge < -0.3 is 45.9 Å². The smallest absolute Gasteiger partial charge is 0.147 e. The normalized spacial score (nSPS) is 12.9. The van der Waals surface area contributed by atoms with Crippen molar-refractivity contribution in [2.75, 3.05) is 30.0 Å². The zero-order valence-corrected chi connectivity index (χ0v) is 59.8. The molecule has 13 rings (SSSR count). The number of ether oxygens (including phenoxy) is 1. The number of anilines is 4. The number of hydrogen-bond donors (Lipinski definition) is 4. The van der Waals surface area contributed by atoms with E-state index in [2.05, 4.69) is 174 Å². The van der Waals surface area contributed by atoms with Gasteiger partial charge in [0, 0.05) is 81.8 Å². The fourth-order valence-electron chi connectivity index (χ4n) is 11.9. The molecule has 0 unspecified atom stereocenters. The number of benzene rings is 4. The summed E-state index contributed by atoms with van der Waals surface area (Å²) in [6.45, 7) is 25.0. The quantitative estimate of drug-likeness (QED) is 0.121. The van der Waals surface area contributed by atoms with Crippen LogP contribution in [0.1, 0.15) is 111 Å². The fraction of sp³-hybridized carbons (Fsp3) is 0.304. The molecule has 0 atom stereocenters. The predicted octanol–water partition coefficient (Wildman–Crippen LogP) is 19.2. The molecule has 1 aliphatic rings. The van der Waals surface area contributed by atoms with Crippen LogP contribution in [0.4, 0.5) is 23.3 Å². The van der Waals surface area contributed by atoms with Gasteiger partial charge in [-0.2, -0.15) is 0 Å². The molecular weight excluding hydrogens is 1370 g/mol. The highest BCUT2D eigenvalue weighted by Crippen LogP contribution is 2.49. The minimum atomic E-state index is -0.259. The maximum atomic E-state index is 6.88. The first kappa shape index (κ1) is 67.4. The second kappa shape index (κ2) is 26.5. The fourth-order valence-corrected chi connectivity index (χ4v) is 14.5. The van der Waals surface area contributed by atoms with Gasteiger partial charge in [-0.05, 0) is 138 Å². The first-order chi connectivity index (χ1) is 43.4. The number of nitrogens with zero attached hydrogens (tertiary/aromatic N) is 12. The number of fused-ring (bicyclic) bond motifs is 4. The molecule has 0 radical (unpaired) electrons. The number of aromatic nitrogens is 12. The molecule has 1 fully saturated rings. The molecule has 8 aromatic heterocycles. The van der Waals surface area contributed by atoms with E-state index < -0.39 is 0 Å². The highest BCUT2D eigenvalue weighted by Gasteiger charge is 2.32. The molecule has 0 spiro atoms. The Balaban J connectivity index is 0.000000134. The average molecular weight is 1450 g/mol. The van der Waals surface area contributed by atoms with Crippen molar-refractivity contribution in [3.63, 3.8) is 0 Å². The molecule has 478 valence electrons. The van der Waals surface area contributed by atoms with E-state index in [1.807, 2.05) is 83.6 Å². The number of methoxy groups -OCH3 is 1. The van der Waals surface area contributed by atoms with Crippen LogP contribution in [0.2, 0.25) is 20.5 Å². The van der Waals surface area contributed by atoms with Crippen molar-refractivity contribution < 1.29 is 4.74 Å². The summed E-state index contributed by atoms with van der Waals surface area (Å²) in [5, 5.41) is 5.76. The van der Waals surface area contributed by atoms with Crippen LogP contribution < -0.4 is 27.7 Å². The third-order valence-electron chi connectivity index (χ3n) is 16.1. The van der Waals surface area contributed by atoms with Gasteiger partial charge in [-0.15, -0.1) is 0 Å². The van der Waals surface area contributed by atoms with Crippen LogP contribution in [0.3, 0.4) is 0 Å². The van der Waals surface area contributed by atoms with Crippen LogP contribution in [0, 0.1) is 20.8 Å². The summed E-state index contributed by atoms with van der Waals surface area (Å²) < 4.78 is 15.5. The lowest BCUT2D eigenvalue weighted by Crippen LogP contribution is -2.22. The van der Waals surface area contributed by atoms with Gasteiger partial charge in [-0.1, -0.05) is 150 Å². The molecule has 0 amide bonds. The summed E-state index contributed by atoms with van der Waals surface area (Å²) in [6, 6.07) is 26.5. The van der Waals surface area contributed by atoms with Crippen molar-refractivity contribution >= 4 is 146 Å². The van der Waals surface area contributed by atoms with E-state index in [1.54, 1.807) is 7.11 Å². The van der Waals surface area contributed by atoms with Gasteiger partial charge in [0.25, 0.3) is 0 Å². The lowest BCUT2D eigenvalue weighted by molar-refractivity contribution is 0.408. The molecule has 0 bridgehead atoms. The van der Waals surface area contributed by atoms with Gasteiger partial charge in [0.15, 0.2) is 0 Å². The molecule has 17 nitrogen and oxygen atoms in total. The Morgan fingerprint density at radius 3 is 1.35 bits per heavy atom. The minimum absolute atomic E-state index is 0.101. The highest BCUT2D eigenvalue weighted by atomic mass is 79.9. The first-order valence-corrected chi connectivity index (χ1v) is 33.0. The van der Waals surface area contributed by atoms with Gasteiger partial charge >= 0.3 is 0 Å². The standard InChI is InChI=1S/C18H18BrClN4.C17H18BrClN4.C17H18Cl2N4.C17H20N4O/c1-10-6-7-13(19)12(8-10)14-15-17(21)22-9-23-18(15)24(16(14)20)11-4-2-3-5-11;2*1-9-5-6-11(18)10(7-9)12-13-15(20)21-8-22-16(13)23(14(12)19)17(2,3)4;1-17(2,3)21-9-13(11-6-5-7-12(8-11)22-4)14-15(18)19-10-20-16(14)21/h6-9,11H,2-5H2,1H3,(H2,21,22,23);2*5-8H,1-4H3,(H2,20,21,22);5-10H,1-4H3,(H2,18,19,20). The van der Waals surface area contributed by atoms with Gasteiger partial charge in [-0.25, -0.2) is 39.9 Å². The number of hydrogen-bond acceptors (Lipinski definition) is 13. The van der Waals surface area contributed by atoms with E-state index in [1.165, 1.54) is 43.7 Å². The van der Waals surface area contributed by atoms with Crippen molar-refractivity contribution in [2.45, 2.75) is 131 Å².